The van der Waals surface area contributed by atoms with E-state index < -0.39 is 0 Å². The van der Waals surface area contributed by atoms with Gasteiger partial charge in [-0.15, -0.1) is 23.1 Å². The molecular formula is C12H11BrClNS2. The van der Waals surface area contributed by atoms with Crippen LogP contribution in [0, 0.1) is 0 Å². The van der Waals surface area contributed by atoms with Crippen LogP contribution >= 0.6 is 50.6 Å². The standard InChI is InChI=1S/C12H11BrClNS2/c1-16-9-4-2-8(3-5-9)15-7-10-6-11(13)12(14)17-10/h2-6,15H,7H2,1H3. The van der Waals surface area contributed by atoms with E-state index in [1.165, 1.54) is 9.77 Å². The summed E-state index contributed by atoms with van der Waals surface area (Å²) in [4.78, 5) is 2.49. The molecule has 1 heterocycles. The van der Waals surface area contributed by atoms with E-state index in [9.17, 15) is 0 Å². The fraction of sp³-hybridized carbons (Fsp3) is 0.167. The van der Waals surface area contributed by atoms with Crippen LogP contribution in [0.15, 0.2) is 39.7 Å². The van der Waals surface area contributed by atoms with Crippen molar-refractivity contribution in [1.29, 1.82) is 0 Å². The quantitative estimate of drug-likeness (QED) is 0.732. The smallest absolute Gasteiger partial charge is 0.107 e. The van der Waals surface area contributed by atoms with E-state index in [2.05, 4.69) is 57.8 Å². The van der Waals surface area contributed by atoms with Crippen LogP contribution in [0.2, 0.25) is 4.34 Å². The number of thioether (sulfide) groups is 1. The third-order valence-electron chi connectivity index (χ3n) is 2.25. The zero-order valence-electron chi connectivity index (χ0n) is 9.17. The molecule has 0 unspecified atom stereocenters. The molecule has 0 aliphatic heterocycles. The molecule has 17 heavy (non-hydrogen) atoms. The molecular weight excluding hydrogens is 338 g/mol. The maximum atomic E-state index is 5.99. The highest BCUT2D eigenvalue weighted by Crippen LogP contribution is 2.32. The van der Waals surface area contributed by atoms with E-state index in [0.29, 0.717) is 0 Å². The van der Waals surface area contributed by atoms with Crippen LogP contribution in [-0.2, 0) is 6.54 Å². The summed E-state index contributed by atoms with van der Waals surface area (Å²) in [6, 6.07) is 10.5. The number of benzene rings is 1. The predicted octanol–water partition coefficient (Wildman–Crippen LogP) is 5.50. The monoisotopic (exact) mass is 347 g/mol. The Bertz CT molecular complexity index is 476. The van der Waals surface area contributed by atoms with Crippen LogP contribution in [0.3, 0.4) is 0 Å². The number of hydrogen-bond donors (Lipinski definition) is 1. The highest BCUT2D eigenvalue weighted by atomic mass is 79.9. The molecule has 0 saturated carbocycles. The van der Waals surface area contributed by atoms with Crippen molar-refractivity contribution in [2.75, 3.05) is 11.6 Å². The molecule has 0 saturated heterocycles. The molecule has 0 fully saturated rings. The summed E-state index contributed by atoms with van der Waals surface area (Å²) < 4.78 is 1.78. The molecule has 0 amide bonds. The Morgan fingerprint density at radius 2 is 2.06 bits per heavy atom. The molecule has 2 rings (SSSR count). The number of hydrogen-bond acceptors (Lipinski definition) is 3. The van der Waals surface area contributed by atoms with Crippen molar-refractivity contribution in [1.82, 2.24) is 0 Å². The Labute approximate surface area is 123 Å². The van der Waals surface area contributed by atoms with Gasteiger partial charge in [-0.3, -0.25) is 0 Å². The number of rotatable bonds is 4. The molecule has 2 aromatic rings. The van der Waals surface area contributed by atoms with E-state index in [1.54, 1.807) is 23.1 Å². The third kappa shape index (κ3) is 3.65. The lowest BCUT2D eigenvalue weighted by atomic mass is 10.3. The number of anilines is 1. The average Bonchev–Trinajstić information content (AvgIpc) is 2.67. The molecule has 0 bridgehead atoms. The molecule has 1 nitrogen and oxygen atoms in total. The van der Waals surface area contributed by atoms with Gasteiger partial charge < -0.3 is 5.32 Å². The van der Waals surface area contributed by atoms with E-state index in [-0.39, 0.29) is 0 Å². The molecule has 0 radical (unpaired) electrons. The second-order valence-corrected chi connectivity index (χ2v) is 6.89. The summed E-state index contributed by atoms with van der Waals surface area (Å²) in [5.41, 5.74) is 1.13. The van der Waals surface area contributed by atoms with E-state index in [4.69, 9.17) is 11.6 Å². The minimum Gasteiger partial charge on any atom is -0.380 e. The van der Waals surface area contributed by atoms with Gasteiger partial charge in [0.05, 0.1) is 0 Å². The van der Waals surface area contributed by atoms with Gasteiger partial charge in [-0.2, -0.15) is 0 Å². The fourth-order valence-corrected chi connectivity index (χ4v) is 3.52. The van der Waals surface area contributed by atoms with Gasteiger partial charge in [0.2, 0.25) is 0 Å². The predicted molar refractivity (Wildman–Crippen MR) is 82.6 cm³/mol. The van der Waals surface area contributed by atoms with Gasteiger partial charge in [-0.05, 0) is 52.5 Å². The van der Waals surface area contributed by atoms with Gasteiger partial charge in [0.25, 0.3) is 0 Å². The average molecular weight is 349 g/mol. The Morgan fingerprint density at radius 3 is 2.59 bits per heavy atom. The Hall–Kier alpha value is -0.160. The molecule has 1 aromatic heterocycles. The first-order chi connectivity index (χ1) is 8.19. The topological polar surface area (TPSA) is 12.0 Å². The summed E-state index contributed by atoms with van der Waals surface area (Å²) in [7, 11) is 0. The zero-order chi connectivity index (χ0) is 12.3. The summed E-state index contributed by atoms with van der Waals surface area (Å²) in [5.74, 6) is 0. The molecule has 0 atom stereocenters. The molecule has 0 aliphatic rings. The molecule has 1 N–H and O–H groups in total. The van der Waals surface area contributed by atoms with Crippen molar-refractivity contribution >= 4 is 56.3 Å². The van der Waals surface area contributed by atoms with Gasteiger partial charge >= 0.3 is 0 Å². The minimum atomic E-state index is 0.800. The normalized spacial score (nSPS) is 10.5. The minimum absolute atomic E-state index is 0.800. The Balaban J connectivity index is 1.97. The lowest BCUT2D eigenvalue weighted by Crippen LogP contribution is -1.96. The van der Waals surface area contributed by atoms with Crippen LogP contribution in [0.5, 0.6) is 0 Å². The highest BCUT2D eigenvalue weighted by Gasteiger charge is 2.04. The summed E-state index contributed by atoms with van der Waals surface area (Å²) >= 11 is 12.7. The zero-order valence-corrected chi connectivity index (χ0v) is 13.1. The summed E-state index contributed by atoms with van der Waals surface area (Å²) in [6.45, 7) is 0.800. The Kier molecular flexibility index (Phi) is 4.79. The molecule has 0 aliphatic carbocycles. The maximum absolute atomic E-state index is 5.99. The van der Waals surface area contributed by atoms with Crippen molar-refractivity contribution in [3.8, 4) is 0 Å². The largest absolute Gasteiger partial charge is 0.380 e. The second kappa shape index (κ2) is 6.14. The van der Waals surface area contributed by atoms with Crippen molar-refractivity contribution in [3.05, 3.63) is 44.0 Å². The van der Waals surface area contributed by atoms with Gasteiger partial charge in [0, 0.05) is 26.5 Å². The Morgan fingerprint density at radius 1 is 1.35 bits per heavy atom. The molecule has 90 valence electrons. The van der Waals surface area contributed by atoms with E-state index >= 15 is 0 Å². The summed E-state index contributed by atoms with van der Waals surface area (Å²) in [5, 5.41) is 3.37. The van der Waals surface area contributed by atoms with Crippen molar-refractivity contribution in [2.45, 2.75) is 11.4 Å². The van der Waals surface area contributed by atoms with Crippen molar-refractivity contribution in [3.63, 3.8) is 0 Å². The third-order valence-corrected chi connectivity index (χ3v) is 5.47. The fourth-order valence-electron chi connectivity index (χ4n) is 1.38. The van der Waals surface area contributed by atoms with E-state index in [0.717, 1.165) is 21.0 Å². The first-order valence-corrected chi connectivity index (χ1v) is 8.22. The van der Waals surface area contributed by atoms with E-state index in [1.807, 2.05) is 0 Å². The lowest BCUT2D eigenvalue weighted by molar-refractivity contribution is 1.19. The van der Waals surface area contributed by atoms with Crippen molar-refractivity contribution < 1.29 is 0 Å². The van der Waals surface area contributed by atoms with Gasteiger partial charge in [-0.1, -0.05) is 11.6 Å². The molecule has 1 aromatic carbocycles. The second-order valence-electron chi connectivity index (χ2n) is 3.42. The van der Waals surface area contributed by atoms with Crippen LogP contribution in [0.4, 0.5) is 5.69 Å². The number of halogens is 2. The van der Waals surface area contributed by atoms with Crippen LogP contribution in [0.25, 0.3) is 0 Å². The number of thiophene rings is 1. The van der Waals surface area contributed by atoms with Gasteiger partial charge in [0.1, 0.15) is 4.34 Å². The van der Waals surface area contributed by atoms with Gasteiger partial charge in [-0.25, -0.2) is 0 Å². The summed E-state index contributed by atoms with van der Waals surface area (Å²) in [6.07, 6.45) is 2.08. The number of nitrogens with one attached hydrogen (secondary N) is 1. The first-order valence-electron chi connectivity index (χ1n) is 5.00. The van der Waals surface area contributed by atoms with Crippen molar-refractivity contribution in [2.24, 2.45) is 0 Å². The van der Waals surface area contributed by atoms with Crippen LogP contribution < -0.4 is 5.32 Å². The van der Waals surface area contributed by atoms with Crippen LogP contribution in [0.1, 0.15) is 4.88 Å². The molecule has 0 spiro atoms. The lowest BCUT2D eigenvalue weighted by Gasteiger charge is -2.05. The van der Waals surface area contributed by atoms with Gasteiger partial charge in [0.15, 0.2) is 0 Å². The highest BCUT2D eigenvalue weighted by molar-refractivity contribution is 9.10. The molecule has 5 heteroatoms. The van der Waals surface area contributed by atoms with Crippen LogP contribution in [-0.4, -0.2) is 6.26 Å². The SMILES string of the molecule is CSc1ccc(NCc2cc(Br)c(Cl)s2)cc1. The first kappa shape index (κ1) is 13.3. The maximum Gasteiger partial charge on any atom is 0.107 e.